The van der Waals surface area contributed by atoms with E-state index in [4.69, 9.17) is 4.74 Å². The van der Waals surface area contributed by atoms with Crippen molar-refractivity contribution in [2.45, 2.75) is 26.8 Å². The fourth-order valence-corrected chi connectivity index (χ4v) is 0.613. The van der Waals surface area contributed by atoms with Crippen LogP contribution in [0.2, 0.25) is 0 Å². The zero-order valence-electron chi connectivity index (χ0n) is 8.37. The Hall–Kier alpha value is -1.39. The largest absolute Gasteiger partial charge is 0.476 e. The van der Waals surface area contributed by atoms with E-state index < -0.39 is 0 Å². The molecule has 13 heavy (non-hydrogen) atoms. The minimum Gasteiger partial charge on any atom is -0.476 e. The molecule has 0 aliphatic carbocycles. The van der Waals surface area contributed by atoms with Gasteiger partial charge in [0.25, 0.3) is 5.90 Å². The topological polar surface area (TPSA) is 63.1 Å². The first-order valence-corrected chi connectivity index (χ1v) is 4.02. The highest BCUT2D eigenvalue weighted by Crippen LogP contribution is 1.85. The molecule has 0 bridgehead atoms. The molecule has 0 spiro atoms. The SMILES string of the molecule is C/C=N/N=C(\OC)C(=O)NC(C)C. The Morgan fingerprint density at radius 1 is 1.54 bits per heavy atom. The molecule has 0 fully saturated rings. The minimum atomic E-state index is -0.358. The third-order valence-electron chi connectivity index (χ3n) is 1.07. The van der Waals surface area contributed by atoms with Gasteiger partial charge >= 0.3 is 5.91 Å². The average Bonchev–Trinajstić information content (AvgIpc) is 2.04. The molecule has 0 aromatic rings. The first-order chi connectivity index (χ1) is 6.11. The highest BCUT2D eigenvalue weighted by atomic mass is 16.5. The number of hydrogen-bond acceptors (Lipinski definition) is 4. The van der Waals surface area contributed by atoms with Crippen LogP contribution in [-0.2, 0) is 9.53 Å². The third kappa shape index (κ3) is 4.95. The number of rotatable bonds is 2. The van der Waals surface area contributed by atoms with Gasteiger partial charge < -0.3 is 10.1 Å². The van der Waals surface area contributed by atoms with E-state index in [0.29, 0.717) is 0 Å². The maximum absolute atomic E-state index is 11.2. The fourth-order valence-electron chi connectivity index (χ4n) is 0.613. The molecule has 0 saturated carbocycles. The van der Waals surface area contributed by atoms with Crippen molar-refractivity contribution in [3.05, 3.63) is 0 Å². The third-order valence-corrected chi connectivity index (χ3v) is 1.07. The molecule has 0 aromatic carbocycles. The zero-order chi connectivity index (χ0) is 10.3. The molecule has 5 heteroatoms. The van der Waals surface area contributed by atoms with Crippen LogP contribution in [0.25, 0.3) is 0 Å². The second kappa shape index (κ2) is 6.16. The standard InChI is InChI=1S/C8H15N3O2/c1-5-9-11-8(13-4)7(12)10-6(2)3/h5-6H,1-4H3,(H,10,12)/b9-5+,11-8-. The second-order valence-corrected chi connectivity index (χ2v) is 2.61. The molecule has 74 valence electrons. The number of amides is 1. The smallest absolute Gasteiger partial charge is 0.308 e. The van der Waals surface area contributed by atoms with Gasteiger partial charge in [0.15, 0.2) is 0 Å². The summed E-state index contributed by atoms with van der Waals surface area (Å²) in [5, 5.41) is 9.75. The van der Waals surface area contributed by atoms with Gasteiger partial charge in [-0.05, 0) is 20.8 Å². The van der Waals surface area contributed by atoms with E-state index in [0.717, 1.165) is 0 Å². The Morgan fingerprint density at radius 2 is 2.15 bits per heavy atom. The number of hydrogen-bond donors (Lipinski definition) is 1. The highest BCUT2D eigenvalue weighted by Gasteiger charge is 2.11. The summed E-state index contributed by atoms with van der Waals surface area (Å²) < 4.78 is 4.74. The molecule has 0 unspecified atom stereocenters. The van der Waals surface area contributed by atoms with Crippen molar-refractivity contribution in [2.24, 2.45) is 10.2 Å². The van der Waals surface area contributed by atoms with Gasteiger partial charge in [-0.2, -0.15) is 5.10 Å². The van der Waals surface area contributed by atoms with E-state index >= 15 is 0 Å². The van der Waals surface area contributed by atoms with Gasteiger partial charge in [0, 0.05) is 12.3 Å². The summed E-state index contributed by atoms with van der Waals surface area (Å²) in [6, 6.07) is 0.0541. The van der Waals surface area contributed by atoms with Crippen LogP contribution in [0.15, 0.2) is 10.2 Å². The number of methoxy groups -OCH3 is 1. The van der Waals surface area contributed by atoms with Crippen LogP contribution >= 0.6 is 0 Å². The zero-order valence-corrected chi connectivity index (χ0v) is 8.37. The summed E-state index contributed by atoms with van der Waals surface area (Å²) in [6.07, 6.45) is 1.47. The van der Waals surface area contributed by atoms with Crippen molar-refractivity contribution in [1.82, 2.24) is 5.32 Å². The van der Waals surface area contributed by atoms with Gasteiger partial charge in [0.1, 0.15) is 0 Å². The molecule has 1 N–H and O–H groups in total. The molecule has 0 atom stereocenters. The second-order valence-electron chi connectivity index (χ2n) is 2.61. The van der Waals surface area contributed by atoms with E-state index in [1.807, 2.05) is 13.8 Å². The Balaban J connectivity index is 4.31. The van der Waals surface area contributed by atoms with E-state index in [2.05, 4.69) is 15.5 Å². The van der Waals surface area contributed by atoms with Crippen molar-refractivity contribution in [2.75, 3.05) is 7.11 Å². The molecule has 0 heterocycles. The monoisotopic (exact) mass is 185 g/mol. The lowest BCUT2D eigenvalue weighted by Gasteiger charge is -2.07. The lowest BCUT2D eigenvalue weighted by Crippen LogP contribution is -2.36. The molecule has 0 rings (SSSR count). The van der Waals surface area contributed by atoms with Gasteiger partial charge in [-0.3, -0.25) is 4.79 Å². The maximum atomic E-state index is 11.2. The molecular formula is C8H15N3O2. The van der Waals surface area contributed by atoms with Crippen molar-refractivity contribution in [1.29, 1.82) is 0 Å². The Morgan fingerprint density at radius 3 is 2.54 bits per heavy atom. The van der Waals surface area contributed by atoms with Crippen LogP contribution in [0, 0.1) is 0 Å². The van der Waals surface area contributed by atoms with Crippen LogP contribution in [0.3, 0.4) is 0 Å². The lowest BCUT2D eigenvalue weighted by atomic mass is 10.4. The molecule has 1 amide bonds. The van der Waals surface area contributed by atoms with Crippen molar-refractivity contribution >= 4 is 18.0 Å². The number of nitrogens with zero attached hydrogens (tertiary/aromatic N) is 2. The number of ether oxygens (including phenoxy) is 1. The van der Waals surface area contributed by atoms with E-state index in [9.17, 15) is 4.79 Å². The van der Waals surface area contributed by atoms with E-state index in [1.165, 1.54) is 13.3 Å². The van der Waals surface area contributed by atoms with Crippen LogP contribution in [0.4, 0.5) is 0 Å². The Bertz CT molecular complexity index is 221. The first-order valence-electron chi connectivity index (χ1n) is 4.02. The summed E-state index contributed by atoms with van der Waals surface area (Å²) in [5.41, 5.74) is 0. The van der Waals surface area contributed by atoms with Crippen molar-refractivity contribution in [3.63, 3.8) is 0 Å². The fraction of sp³-hybridized carbons (Fsp3) is 0.625. The molecule has 5 nitrogen and oxygen atoms in total. The number of carbonyl (C=O) groups excluding carboxylic acids is 1. The summed E-state index contributed by atoms with van der Waals surface area (Å²) in [6.45, 7) is 5.42. The normalized spacial score (nSPS) is 12.2. The predicted octanol–water partition coefficient (Wildman–Crippen LogP) is 0.562. The quantitative estimate of drug-likeness (QED) is 0.388. The summed E-state index contributed by atoms with van der Waals surface area (Å²) in [7, 11) is 1.38. The van der Waals surface area contributed by atoms with Crippen LogP contribution < -0.4 is 5.32 Å². The summed E-state index contributed by atoms with van der Waals surface area (Å²) >= 11 is 0. The van der Waals surface area contributed by atoms with Gasteiger partial charge in [-0.15, -0.1) is 5.10 Å². The average molecular weight is 185 g/mol. The predicted molar refractivity (Wildman–Crippen MR) is 51.9 cm³/mol. The Kier molecular flexibility index (Phi) is 5.50. The van der Waals surface area contributed by atoms with Crippen LogP contribution in [-0.4, -0.2) is 31.2 Å². The highest BCUT2D eigenvalue weighted by molar-refractivity contribution is 6.35. The Labute approximate surface area is 77.9 Å². The molecule has 0 saturated heterocycles. The molecule has 0 aromatic heterocycles. The number of nitrogens with one attached hydrogen (secondary N) is 1. The molecule has 0 aliphatic heterocycles. The number of carbonyl (C=O) groups is 1. The van der Waals surface area contributed by atoms with Gasteiger partial charge in [-0.1, -0.05) is 0 Å². The minimum absolute atomic E-state index is 0.0354. The van der Waals surface area contributed by atoms with Gasteiger partial charge in [0.2, 0.25) is 0 Å². The summed E-state index contributed by atoms with van der Waals surface area (Å²) in [5.74, 6) is -0.394. The molecular weight excluding hydrogens is 170 g/mol. The first kappa shape index (κ1) is 11.6. The van der Waals surface area contributed by atoms with E-state index in [1.54, 1.807) is 6.92 Å². The van der Waals surface area contributed by atoms with Crippen molar-refractivity contribution in [3.8, 4) is 0 Å². The van der Waals surface area contributed by atoms with Crippen LogP contribution in [0.5, 0.6) is 0 Å². The maximum Gasteiger partial charge on any atom is 0.308 e. The van der Waals surface area contributed by atoms with Gasteiger partial charge in [-0.25, -0.2) is 0 Å². The summed E-state index contributed by atoms with van der Waals surface area (Å²) in [4.78, 5) is 11.2. The molecule has 0 radical (unpaired) electrons. The van der Waals surface area contributed by atoms with Crippen molar-refractivity contribution < 1.29 is 9.53 Å². The van der Waals surface area contributed by atoms with Gasteiger partial charge in [0.05, 0.1) is 7.11 Å². The molecule has 0 aliphatic rings. The van der Waals surface area contributed by atoms with Crippen LogP contribution in [0.1, 0.15) is 20.8 Å². The van der Waals surface area contributed by atoms with E-state index in [-0.39, 0.29) is 17.8 Å². The lowest BCUT2D eigenvalue weighted by molar-refractivity contribution is -0.116.